The Morgan fingerprint density at radius 3 is 2.67 bits per heavy atom. The summed E-state index contributed by atoms with van der Waals surface area (Å²) in [6.07, 6.45) is 1.67. The average molecular weight is 309 g/mol. The summed E-state index contributed by atoms with van der Waals surface area (Å²) in [5.74, 6) is 1.76. The van der Waals surface area contributed by atoms with Gasteiger partial charge in [-0.25, -0.2) is 4.98 Å². The fourth-order valence-corrected chi connectivity index (χ4v) is 1.89. The Hall–Kier alpha value is -1.59. The second-order valence-electron chi connectivity index (χ2n) is 3.57. The summed E-state index contributed by atoms with van der Waals surface area (Å²) in [4.78, 5) is 4.22. The van der Waals surface area contributed by atoms with Gasteiger partial charge in [-0.15, -0.1) is 0 Å². The number of para-hydroxylation sites is 2. The highest BCUT2D eigenvalue weighted by Crippen LogP contribution is 2.32. The van der Waals surface area contributed by atoms with Crippen molar-refractivity contribution in [2.24, 2.45) is 5.73 Å². The van der Waals surface area contributed by atoms with Gasteiger partial charge in [0.2, 0.25) is 5.88 Å². The van der Waals surface area contributed by atoms with E-state index in [1.807, 2.05) is 30.3 Å². The minimum Gasteiger partial charge on any atom is -0.493 e. The fraction of sp³-hybridized carbons (Fsp3) is 0.154. The van der Waals surface area contributed by atoms with Crippen molar-refractivity contribution >= 4 is 15.9 Å². The van der Waals surface area contributed by atoms with Crippen molar-refractivity contribution in [1.82, 2.24) is 4.98 Å². The van der Waals surface area contributed by atoms with Gasteiger partial charge < -0.3 is 15.2 Å². The second-order valence-corrected chi connectivity index (χ2v) is 4.49. The zero-order valence-corrected chi connectivity index (χ0v) is 11.5. The molecule has 0 saturated heterocycles. The minimum absolute atomic E-state index is 0.358. The Morgan fingerprint density at radius 2 is 2.00 bits per heavy atom. The first-order valence-corrected chi connectivity index (χ1v) is 6.19. The molecule has 1 aromatic heterocycles. The maximum absolute atomic E-state index is 5.74. The van der Waals surface area contributed by atoms with E-state index in [9.17, 15) is 0 Å². The number of nitrogens with two attached hydrogens (primary N) is 1. The first kappa shape index (κ1) is 12.9. The van der Waals surface area contributed by atoms with Crippen LogP contribution in [0, 0.1) is 0 Å². The molecule has 0 radical (unpaired) electrons. The number of nitrogens with zero attached hydrogens (tertiary/aromatic N) is 1. The first-order chi connectivity index (χ1) is 8.74. The smallest absolute Gasteiger partial charge is 0.223 e. The third-order valence-electron chi connectivity index (χ3n) is 2.39. The van der Waals surface area contributed by atoms with E-state index in [1.54, 1.807) is 13.3 Å². The lowest BCUT2D eigenvalue weighted by Gasteiger charge is -2.11. The van der Waals surface area contributed by atoms with E-state index in [4.69, 9.17) is 15.2 Å². The Labute approximate surface area is 114 Å². The molecular formula is C13H13BrN2O2. The zero-order valence-electron chi connectivity index (χ0n) is 9.89. The molecule has 0 unspecified atom stereocenters. The maximum Gasteiger partial charge on any atom is 0.223 e. The summed E-state index contributed by atoms with van der Waals surface area (Å²) in [5, 5.41) is 0. The predicted molar refractivity (Wildman–Crippen MR) is 72.9 cm³/mol. The summed E-state index contributed by atoms with van der Waals surface area (Å²) in [7, 11) is 1.60. The summed E-state index contributed by atoms with van der Waals surface area (Å²) in [5.41, 5.74) is 6.50. The number of rotatable bonds is 4. The molecule has 2 aromatic rings. The Kier molecular flexibility index (Phi) is 4.17. The molecule has 0 saturated carbocycles. The maximum atomic E-state index is 5.74. The van der Waals surface area contributed by atoms with Gasteiger partial charge in [-0.05, 0) is 34.1 Å². The van der Waals surface area contributed by atoms with Crippen LogP contribution in [0.4, 0.5) is 0 Å². The molecule has 1 heterocycles. The first-order valence-electron chi connectivity index (χ1n) is 5.40. The molecule has 18 heavy (non-hydrogen) atoms. The topological polar surface area (TPSA) is 57.4 Å². The summed E-state index contributed by atoms with van der Waals surface area (Å²) < 4.78 is 11.8. The van der Waals surface area contributed by atoms with E-state index in [2.05, 4.69) is 20.9 Å². The molecule has 0 aliphatic rings. The monoisotopic (exact) mass is 308 g/mol. The summed E-state index contributed by atoms with van der Waals surface area (Å²) >= 11 is 3.35. The molecule has 1 aromatic carbocycles. The fourth-order valence-electron chi connectivity index (χ4n) is 1.51. The number of benzene rings is 1. The molecule has 2 N–H and O–H groups in total. The van der Waals surface area contributed by atoms with Crippen LogP contribution < -0.4 is 15.2 Å². The van der Waals surface area contributed by atoms with Crippen molar-refractivity contribution in [2.45, 2.75) is 6.54 Å². The van der Waals surface area contributed by atoms with E-state index in [0.29, 0.717) is 23.9 Å². The molecule has 0 atom stereocenters. The van der Waals surface area contributed by atoms with Gasteiger partial charge >= 0.3 is 0 Å². The summed E-state index contributed by atoms with van der Waals surface area (Å²) in [6, 6.07) is 9.29. The van der Waals surface area contributed by atoms with E-state index >= 15 is 0 Å². The van der Waals surface area contributed by atoms with E-state index in [1.165, 1.54) is 0 Å². The zero-order chi connectivity index (χ0) is 13.0. The van der Waals surface area contributed by atoms with Crippen molar-refractivity contribution in [3.05, 3.63) is 46.6 Å². The Morgan fingerprint density at radius 1 is 1.28 bits per heavy atom. The van der Waals surface area contributed by atoms with E-state index in [0.717, 1.165) is 10.0 Å². The van der Waals surface area contributed by atoms with Crippen LogP contribution in [0.15, 0.2) is 41.0 Å². The van der Waals surface area contributed by atoms with Crippen molar-refractivity contribution in [1.29, 1.82) is 0 Å². The van der Waals surface area contributed by atoms with Gasteiger partial charge in [0.15, 0.2) is 11.5 Å². The van der Waals surface area contributed by atoms with E-state index in [-0.39, 0.29) is 0 Å². The van der Waals surface area contributed by atoms with Gasteiger partial charge in [0.25, 0.3) is 0 Å². The predicted octanol–water partition coefficient (Wildman–Crippen LogP) is 3.10. The molecule has 4 nitrogen and oxygen atoms in total. The molecule has 0 amide bonds. The van der Waals surface area contributed by atoms with Gasteiger partial charge in [-0.3, -0.25) is 0 Å². The highest BCUT2D eigenvalue weighted by Gasteiger charge is 2.09. The largest absolute Gasteiger partial charge is 0.493 e. The number of methoxy groups -OCH3 is 1. The number of aromatic nitrogens is 1. The molecule has 0 aliphatic heterocycles. The molecule has 0 fully saturated rings. The van der Waals surface area contributed by atoms with Crippen molar-refractivity contribution < 1.29 is 9.47 Å². The molecule has 0 aliphatic carbocycles. The Bertz CT molecular complexity index is 546. The standard InChI is InChI=1S/C13H13BrN2O2/c1-17-11-4-2-3-5-12(11)18-13-9(7-15)6-10(14)8-16-13/h2-6,8H,7,15H2,1H3. The van der Waals surface area contributed by atoms with E-state index < -0.39 is 0 Å². The van der Waals surface area contributed by atoms with Crippen LogP contribution in [0.2, 0.25) is 0 Å². The van der Waals surface area contributed by atoms with Gasteiger partial charge in [-0.1, -0.05) is 12.1 Å². The van der Waals surface area contributed by atoms with Gasteiger partial charge in [0.1, 0.15) is 0 Å². The second kappa shape index (κ2) is 5.84. The number of halogens is 1. The molecule has 0 bridgehead atoms. The lowest BCUT2D eigenvalue weighted by molar-refractivity contribution is 0.372. The van der Waals surface area contributed by atoms with Gasteiger partial charge in [0, 0.05) is 22.8 Å². The highest BCUT2D eigenvalue weighted by molar-refractivity contribution is 9.10. The molecule has 5 heteroatoms. The average Bonchev–Trinajstić information content (AvgIpc) is 2.41. The normalized spacial score (nSPS) is 10.2. The van der Waals surface area contributed by atoms with Gasteiger partial charge in [-0.2, -0.15) is 0 Å². The lowest BCUT2D eigenvalue weighted by Crippen LogP contribution is -2.01. The quantitative estimate of drug-likeness (QED) is 0.943. The number of hydrogen-bond acceptors (Lipinski definition) is 4. The van der Waals surface area contributed by atoms with Crippen LogP contribution >= 0.6 is 15.9 Å². The van der Waals surface area contributed by atoms with Crippen molar-refractivity contribution in [3.8, 4) is 17.4 Å². The number of pyridine rings is 1. The third-order valence-corrected chi connectivity index (χ3v) is 2.82. The molecular weight excluding hydrogens is 296 g/mol. The summed E-state index contributed by atoms with van der Waals surface area (Å²) in [6.45, 7) is 0.358. The minimum atomic E-state index is 0.358. The third kappa shape index (κ3) is 2.80. The molecule has 94 valence electrons. The number of hydrogen-bond donors (Lipinski definition) is 1. The SMILES string of the molecule is COc1ccccc1Oc1ncc(Br)cc1CN. The van der Waals surface area contributed by atoms with Gasteiger partial charge in [0.05, 0.1) is 7.11 Å². The van der Waals surface area contributed by atoms with Crippen molar-refractivity contribution in [2.75, 3.05) is 7.11 Å². The van der Waals surface area contributed by atoms with Crippen LogP contribution in [0.3, 0.4) is 0 Å². The van der Waals surface area contributed by atoms with Crippen LogP contribution in [0.25, 0.3) is 0 Å². The Balaban J connectivity index is 2.33. The van der Waals surface area contributed by atoms with Crippen LogP contribution in [-0.4, -0.2) is 12.1 Å². The van der Waals surface area contributed by atoms with Crippen LogP contribution in [0.5, 0.6) is 17.4 Å². The van der Waals surface area contributed by atoms with Crippen molar-refractivity contribution in [3.63, 3.8) is 0 Å². The molecule has 0 spiro atoms. The molecule has 2 rings (SSSR count). The number of ether oxygens (including phenoxy) is 2. The highest BCUT2D eigenvalue weighted by atomic mass is 79.9. The lowest BCUT2D eigenvalue weighted by atomic mass is 10.2. The van der Waals surface area contributed by atoms with Crippen LogP contribution in [-0.2, 0) is 6.54 Å². The van der Waals surface area contributed by atoms with Crippen LogP contribution in [0.1, 0.15) is 5.56 Å².